The van der Waals surface area contributed by atoms with E-state index in [0.717, 1.165) is 11.3 Å². The lowest BCUT2D eigenvalue weighted by molar-refractivity contribution is 0.102. The summed E-state index contributed by atoms with van der Waals surface area (Å²) in [6.07, 6.45) is 0. The van der Waals surface area contributed by atoms with Crippen molar-refractivity contribution in [3.63, 3.8) is 0 Å². The summed E-state index contributed by atoms with van der Waals surface area (Å²) in [4.78, 5) is 12.5. The number of fused-ring (bicyclic) bond motifs is 1. The van der Waals surface area contributed by atoms with Gasteiger partial charge in [-0.05, 0) is 54.1 Å². The number of ether oxygens (including phenoxy) is 2. The second kappa shape index (κ2) is 6.80. The summed E-state index contributed by atoms with van der Waals surface area (Å²) >= 11 is 1.30. The van der Waals surface area contributed by atoms with Gasteiger partial charge in [-0.1, -0.05) is 29.5 Å². The largest absolute Gasteiger partial charge is 0.454 e. The van der Waals surface area contributed by atoms with E-state index in [1.807, 2.05) is 26.0 Å². The van der Waals surface area contributed by atoms with Crippen LogP contribution in [-0.4, -0.2) is 38.5 Å². The molecule has 0 fully saturated rings. The molecule has 132 valence electrons. The predicted molar refractivity (Wildman–Crippen MR) is 96.2 cm³/mol. The van der Waals surface area contributed by atoms with Crippen LogP contribution in [0.5, 0.6) is 11.5 Å². The highest BCUT2D eigenvalue weighted by atomic mass is 32.2. The molecular formula is C18H16N4O3S. The van der Waals surface area contributed by atoms with Gasteiger partial charge in [-0.3, -0.25) is 4.79 Å². The average Bonchev–Trinajstić information content (AvgIpc) is 3.28. The zero-order valence-corrected chi connectivity index (χ0v) is 15.1. The van der Waals surface area contributed by atoms with Crippen molar-refractivity contribution < 1.29 is 14.3 Å². The molecule has 0 amide bonds. The van der Waals surface area contributed by atoms with Gasteiger partial charge in [0.2, 0.25) is 11.9 Å². The molecule has 2 aromatic carbocycles. The minimum absolute atomic E-state index is 0.0246. The van der Waals surface area contributed by atoms with Gasteiger partial charge in [0.05, 0.1) is 11.4 Å². The van der Waals surface area contributed by atoms with E-state index in [1.165, 1.54) is 17.3 Å². The van der Waals surface area contributed by atoms with Gasteiger partial charge < -0.3 is 9.47 Å². The third-order valence-corrected chi connectivity index (χ3v) is 4.97. The lowest BCUT2D eigenvalue weighted by Gasteiger charge is -2.08. The zero-order chi connectivity index (χ0) is 18.1. The maximum atomic E-state index is 12.5. The number of thioether (sulfide) groups is 1. The van der Waals surface area contributed by atoms with E-state index in [0.29, 0.717) is 22.2 Å². The van der Waals surface area contributed by atoms with E-state index < -0.39 is 0 Å². The number of tetrazole rings is 1. The highest BCUT2D eigenvalue weighted by Gasteiger charge is 2.18. The fourth-order valence-corrected chi connectivity index (χ4v) is 3.52. The van der Waals surface area contributed by atoms with E-state index in [4.69, 9.17) is 9.47 Å². The van der Waals surface area contributed by atoms with Crippen molar-refractivity contribution in [2.24, 2.45) is 0 Å². The topological polar surface area (TPSA) is 79.1 Å². The maximum absolute atomic E-state index is 12.5. The van der Waals surface area contributed by atoms with Crippen LogP contribution in [0.4, 0.5) is 0 Å². The fraction of sp³-hybridized carbons (Fsp3) is 0.222. The molecule has 4 rings (SSSR count). The monoisotopic (exact) mass is 368 g/mol. The van der Waals surface area contributed by atoms with Crippen molar-refractivity contribution in [3.8, 4) is 17.2 Å². The molecule has 0 saturated heterocycles. The molecule has 7 nitrogen and oxygen atoms in total. The summed E-state index contributed by atoms with van der Waals surface area (Å²) < 4.78 is 12.2. The summed E-state index contributed by atoms with van der Waals surface area (Å²) in [6, 6.07) is 11.3. The molecule has 1 aliphatic heterocycles. The first kappa shape index (κ1) is 16.6. The summed E-state index contributed by atoms with van der Waals surface area (Å²) in [7, 11) is 0. The third kappa shape index (κ3) is 3.15. The molecule has 0 spiro atoms. The van der Waals surface area contributed by atoms with Crippen LogP contribution in [0.25, 0.3) is 5.69 Å². The van der Waals surface area contributed by atoms with Crippen LogP contribution in [0.3, 0.4) is 0 Å². The van der Waals surface area contributed by atoms with Gasteiger partial charge in [0.25, 0.3) is 0 Å². The quantitative estimate of drug-likeness (QED) is 0.506. The van der Waals surface area contributed by atoms with Gasteiger partial charge in [0.15, 0.2) is 17.3 Å². The number of hydrogen-bond donors (Lipinski definition) is 0. The Kier molecular flexibility index (Phi) is 4.34. The van der Waals surface area contributed by atoms with Crippen molar-refractivity contribution in [1.82, 2.24) is 20.2 Å². The lowest BCUT2D eigenvalue weighted by Crippen LogP contribution is -2.06. The number of aromatic nitrogens is 4. The number of carbonyl (C=O) groups excluding carboxylic acids is 1. The van der Waals surface area contributed by atoms with Crippen molar-refractivity contribution in [2.75, 3.05) is 12.5 Å². The number of nitrogens with zero attached hydrogens (tertiary/aromatic N) is 4. The predicted octanol–water partition coefficient (Wildman–Crippen LogP) is 2.98. The average molecular weight is 368 g/mol. The second-order valence-corrected chi connectivity index (χ2v) is 6.89. The van der Waals surface area contributed by atoms with E-state index in [9.17, 15) is 4.79 Å². The Morgan fingerprint density at radius 1 is 1.15 bits per heavy atom. The zero-order valence-electron chi connectivity index (χ0n) is 14.3. The summed E-state index contributed by atoms with van der Waals surface area (Å²) in [5, 5.41) is 12.4. The standard InChI is InChI=1S/C18H16N4O3S/c1-11-3-5-14(12(2)7-11)22-18(19-20-21-22)26-9-15(23)13-4-6-16-17(8-13)25-10-24-16/h3-8H,9-10H2,1-2H3. The van der Waals surface area contributed by atoms with Crippen molar-refractivity contribution >= 4 is 17.5 Å². The normalized spacial score (nSPS) is 12.4. The number of rotatable bonds is 5. The first-order valence-corrected chi connectivity index (χ1v) is 9.02. The Balaban J connectivity index is 1.50. The summed E-state index contributed by atoms with van der Waals surface area (Å²) in [5.74, 6) is 1.46. The van der Waals surface area contributed by atoms with Gasteiger partial charge in [-0.2, -0.15) is 4.68 Å². The van der Waals surface area contributed by atoms with Crippen LogP contribution >= 0.6 is 11.8 Å². The van der Waals surface area contributed by atoms with E-state index >= 15 is 0 Å². The van der Waals surface area contributed by atoms with Crippen LogP contribution in [0.15, 0.2) is 41.6 Å². The fourth-order valence-electron chi connectivity index (χ4n) is 2.75. The molecule has 8 heteroatoms. The highest BCUT2D eigenvalue weighted by molar-refractivity contribution is 7.99. The Morgan fingerprint density at radius 2 is 2.00 bits per heavy atom. The number of aryl methyl sites for hydroxylation is 2. The van der Waals surface area contributed by atoms with Crippen molar-refractivity contribution in [1.29, 1.82) is 0 Å². The maximum Gasteiger partial charge on any atom is 0.231 e. The van der Waals surface area contributed by atoms with Gasteiger partial charge in [0, 0.05) is 5.56 Å². The molecule has 1 aliphatic rings. The van der Waals surface area contributed by atoms with Crippen molar-refractivity contribution in [3.05, 3.63) is 53.1 Å². The van der Waals surface area contributed by atoms with Crippen LogP contribution in [0.2, 0.25) is 0 Å². The lowest BCUT2D eigenvalue weighted by atomic mass is 10.1. The molecule has 0 saturated carbocycles. The number of ketones is 1. The molecule has 0 unspecified atom stereocenters. The Hall–Kier alpha value is -2.87. The first-order valence-electron chi connectivity index (χ1n) is 8.03. The van der Waals surface area contributed by atoms with Gasteiger partial charge in [0.1, 0.15) is 0 Å². The van der Waals surface area contributed by atoms with Crippen LogP contribution in [-0.2, 0) is 0 Å². The Bertz CT molecular complexity index is 986. The molecule has 0 radical (unpaired) electrons. The van der Waals surface area contributed by atoms with Gasteiger partial charge in [-0.15, -0.1) is 5.10 Å². The SMILES string of the molecule is Cc1ccc(-n2nnnc2SCC(=O)c2ccc3c(c2)OCO3)c(C)c1. The Morgan fingerprint density at radius 3 is 2.85 bits per heavy atom. The van der Waals surface area contributed by atoms with Crippen LogP contribution < -0.4 is 9.47 Å². The molecule has 1 aromatic heterocycles. The van der Waals surface area contributed by atoms with Crippen molar-refractivity contribution in [2.45, 2.75) is 19.0 Å². The second-order valence-electron chi connectivity index (χ2n) is 5.94. The number of carbonyl (C=O) groups is 1. The molecule has 3 aromatic rings. The number of benzene rings is 2. The Labute approximate surface area is 154 Å². The van der Waals surface area contributed by atoms with Crippen LogP contribution in [0, 0.1) is 13.8 Å². The number of Topliss-reactive ketones (excluding diaryl/α,β-unsaturated/α-hetero) is 1. The smallest absolute Gasteiger partial charge is 0.231 e. The van der Waals surface area contributed by atoms with E-state index in [2.05, 4.69) is 21.6 Å². The molecule has 0 N–H and O–H groups in total. The molecule has 0 aliphatic carbocycles. The molecular weight excluding hydrogens is 352 g/mol. The molecule has 0 atom stereocenters. The summed E-state index contributed by atoms with van der Waals surface area (Å²) in [6.45, 7) is 4.23. The summed E-state index contributed by atoms with van der Waals surface area (Å²) in [5.41, 5.74) is 3.72. The third-order valence-electron chi connectivity index (χ3n) is 4.05. The minimum Gasteiger partial charge on any atom is -0.454 e. The molecule has 2 heterocycles. The van der Waals surface area contributed by atoms with E-state index in [-0.39, 0.29) is 18.3 Å². The minimum atomic E-state index is -0.0246. The highest BCUT2D eigenvalue weighted by Crippen LogP contribution is 2.33. The molecule has 0 bridgehead atoms. The van der Waals surface area contributed by atoms with Crippen LogP contribution in [0.1, 0.15) is 21.5 Å². The number of hydrogen-bond acceptors (Lipinski definition) is 7. The van der Waals surface area contributed by atoms with Gasteiger partial charge >= 0.3 is 0 Å². The van der Waals surface area contributed by atoms with E-state index in [1.54, 1.807) is 22.9 Å². The molecule has 26 heavy (non-hydrogen) atoms. The first-order chi connectivity index (χ1) is 12.6. The van der Waals surface area contributed by atoms with Gasteiger partial charge in [-0.25, -0.2) is 0 Å².